The molecule has 0 spiro atoms. The number of nitrogen functional groups attached to an aromatic ring is 2. The molecule has 2 aliphatic rings. The maximum atomic E-state index is 13.0. The normalized spacial score (nSPS) is 21.6. The number of rotatable bonds is 24. The summed E-state index contributed by atoms with van der Waals surface area (Å²) in [7, 11) is 0. The van der Waals surface area contributed by atoms with E-state index in [2.05, 4.69) is 85.7 Å². The molecule has 2 fully saturated rings. The molecule has 8 rings (SSSR count). The highest BCUT2D eigenvalue weighted by Gasteiger charge is 2.52. The van der Waals surface area contributed by atoms with Gasteiger partial charge in [-0.1, -0.05) is 63.9 Å². The second-order valence-electron chi connectivity index (χ2n) is 22.2. The summed E-state index contributed by atoms with van der Waals surface area (Å²) in [6.45, 7) is 15.0. The highest BCUT2D eigenvalue weighted by molar-refractivity contribution is 5.90. The first-order valence-corrected chi connectivity index (χ1v) is 26.8. The lowest BCUT2D eigenvalue weighted by Crippen LogP contribution is -2.49. The van der Waals surface area contributed by atoms with Crippen LogP contribution in [0.4, 0.5) is 32.6 Å². The molecule has 0 saturated carbocycles. The number of aliphatic hydroxyl groups excluding tert-OH is 2. The number of imidazole rings is 2. The van der Waals surface area contributed by atoms with Gasteiger partial charge < -0.3 is 79.0 Å². The Morgan fingerprint density at radius 3 is 1.70 bits per heavy atom. The Balaban J connectivity index is 0.791. The number of nitrogens with two attached hydrogens (primary N) is 4. The molecule has 26 heteroatoms. The highest BCUT2D eigenvalue weighted by atomic mass is 16.5. The standard InChI is InChI=1S/C53H78N18O8/c1-50(2,3)34-9-13-36(14-10-34)65-48(74)58-19-7-22-67(21-6-17-54)25-38-42(72)53(77,29-78-38)71-33-63-41-45(57)69(31-64-47(41)71)27-51(4,5)35-11-15-37(16-12-35)66-49(75)59-20-8-23-68(24-18-55)26-39-43(73)52(76,28-79-39)70-32-62-40-44(56)60-30-61-46(40)70/h9-16,30-33,38-39,42-43,57,72-73,76-77H,6-8,17-29,54-55H2,1-5H3,(H6,56,58,59,60,61,65,66,74,75)/p+1. The van der Waals surface area contributed by atoms with Gasteiger partial charge in [-0.15, -0.1) is 0 Å². The summed E-state index contributed by atoms with van der Waals surface area (Å²) in [5.74, 6) is 0.472. The van der Waals surface area contributed by atoms with Crippen molar-refractivity contribution in [2.45, 2.75) is 107 Å². The molecule has 0 aliphatic carbocycles. The lowest BCUT2D eigenvalue weighted by atomic mass is 9.84. The highest BCUT2D eigenvalue weighted by Crippen LogP contribution is 2.35. The van der Waals surface area contributed by atoms with Crippen LogP contribution in [-0.2, 0) is 38.3 Å². The Morgan fingerprint density at radius 2 is 1.18 bits per heavy atom. The molecular formula is C53H79N18O8+. The quantitative estimate of drug-likeness (QED) is 0.0289. The summed E-state index contributed by atoms with van der Waals surface area (Å²) < 4.78 is 16.5. The number of hydrogen-bond donors (Lipinski definition) is 12. The number of urea groups is 2. The topological polar surface area (TPSA) is 370 Å². The number of ether oxygens (including phenoxy) is 2. The van der Waals surface area contributed by atoms with E-state index in [1.54, 1.807) is 10.9 Å². The number of fused-ring (bicyclic) bond motifs is 2. The Labute approximate surface area is 458 Å². The zero-order chi connectivity index (χ0) is 56.7. The zero-order valence-corrected chi connectivity index (χ0v) is 45.8. The Morgan fingerprint density at radius 1 is 0.684 bits per heavy atom. The number of nitrogens with one attached hydrogen (secondary N) is 4. The van der Waals surface area contributed by atoms with E-state index in [-0.39, 0.29) is 54.3 Å². The van der Waals surface area contributed by atoms with E-state index < -0.39 is 41.3 Å². The van der Waals surface area contributed by atoms with Gasteiger partial charge in [0, 0.05) is 56.1 Å². The molecule has 79 heavy (non-hydrogen) atoms. The van der Waals surface area contributed by atoms with Gasteiger partial charge >= 0.3 is 12.1 Å². The van der Waals surface area contributed by atoms with Gasteiger partial charge in [0.25, 0.3) is 5.82 Å². The number of carbonyl (C=O) groups is 2. The van der Waals surface area contributed by atoms with Crippen molar-refractivity contribution in [3.8, 4) is 0 Å². The minimum Gasteiger partial charge on any atom is -0.385 e. The van der Waals surface area contributed by atoms with Gasteiger partial charge in [-0.3, -0.25) is 14.0 Å². The Bertz CT molecular complexity index is 3010. The first kappa shape index (κ1) is 58.4. The van der Waals surface area contributed by atoms with Crippen molar-refractivity contribution in [3.05, 3.63) is 85.0 Å². The van der Waals surface area contributed by atoms with Gasteiger partial charge in [0.05, 0.1) is 26.1 Å². The summed E-state index contributed by atoms with van der Waals surface area (Å²) in [6, 6.07) is 14.7. The monoisotopic (exact) mass is 1100 g/mol. The SMILES string of the molecule is CC(C)(C)c1ccc(NC(=O)NCCCN(CCCN)CC2OCC(O)(n3cnc4c(N)[n+](CC(C)(C)c5ccc(NC(=O)NCCCN(CCN)CC6OCC(O)(n7cnc8c(N)ncnc87)C6O)cc5)cnc43)C2O)cc1. The van der Waals surface area contributed by atoms with E-state index in [0.29, 0.717) is 113 Å². The number of amides is 4. The number of carbonyl (C=O) groups excluding carboxylic acids is 2. The van der Waals surface area contributed by atoms with Gasteiger partial charge in [0.15, 0.2) is 28.4 Å². The third-order valence-electron chi connectivity index (χ3n) is 14.9. The molecule has 6 atom stereocenters. The van der Waals surface area contributed by atoms with Gasteiger partial charge in [-0.2, -0.15) is 0 Å². The van der Waals surface area contributed by atoms with Crippen LogP contribution in [-0.4, -0.2) is 179 Å². The molecule has 26 nitrogen and oxygen atoms in total. The van der Waals surface area contributed by atoms with Crippen LogP contribution in [0.3, 0.4) is 0 Å². The predicted octanol–water partition coefficient (Wildman–Crippen LogP) is 0.443. The van der Waals surface area contributed by atoms with E-state index >= 15 is 0 Å². The van der Waals surface area contributed by atoms with Crippen LogP contribution >= 0.6 is 0 Å². The lowest BCUT2D eigenvalue weighted by molar-refractivity contribution is -0.692. The molecule has 6 aromatic rings. The van der Waals surface area contributed by atoms with Crippen LogP contribution in [0, 0.1) is 0 Å². The van der Waals surface area contributed by atoms with Crippen LogP contribution in [0.15, 0.2) is 73.8 Å². The first-order chi connectivity index (χ1) is 37.6. The largest absolute Gasteiger partial charge is 0.385 e. The molecule has 4 aromatic heterocycles. The van der Waals surface area contributed by atoms with Crippen molar-refractivity contribution in [2.24, 2.45) is 11.5 Å². The Kier molecular flexibility index (Phi) is 18.3. The number of hydrogen-bond acceptors (Lipinski definition) is 19. The molecule has 2 aliphatic heterocycles. The van der Waals surface area contributed by atoms with Crippen molar-refractivity contribution >= 4 is 57.4 Å². The number of aliphatic hydroxyl groups is 4. The summed E-state index contributed by atoms with van der Waals surface area (Å²) in [5.41, 5.74) is 24.9. The molecule has 2 saturated heterocycles. The summed E-state index contributed by atoms with van der Waals surface area (Å²) in [6.07, 6.45) is 3.39. The van der Waals surface area contributed by atoms with Crippen molar-refractivity contribution < 1.29 is 44.1 Å². The molecule has 16 N–H and O–H groups in total. The summed E-state index contributed by atoms with van der Waals surface area (Å²) in [4.78, 5) is 51.3. The minimum atomic E-state index is -1.88. The van der Waals surface area contributed by atoms with Crippen LogP contribution in [0.25, 0.3) is 22.3 Å². The third kappa shape index (κ3) is 13.3. The van der Waals surface area contributed by atoms with Crippen molar-refractivity contribution in [1.29, 1.82) is 0 Å². The maximum Gasteiger partial charge on any atom is 0.319 e. The van der Waals surface area contributed by atoms with Crippen LogP contribution < -0.4 is 48.8 Å². The van der Waals surface area contributed by atoms with Crippen molar-refractivity contribution in [1.82, 2.24) is 54.5 Å². The number of anilines is 4. The van der Waals surface area contributed by atoms with E-state index in [1.165, 1.54) is 33.7 Å². The van der Waals surface area contributed by atoms with Gasteiger partial charge in [0.1, 0.15) is 42.6 Å². The Hall–Kier alpha value is -6.72. The summed E-state index contributed by atoms with van der Waals surface area (Å²) >= 11 is 0. The fourth-order valence-electron chi connectivity index (χ4n) is 10.2. The van der Waals surface area contributed by atoms with E-state index in [1.807, 2.05) is 53.4 Å². The molecule has 428 valence electrons. The van der Waals surface area contributed by atoms with Crippen LogP contribution in [0.5, 0.6) is 0 Å². The fourth-order valence-corrected chi connectivity index (χ4v) is 10.2. The molecular weight excluding hydrogens is 1020 g/mol. The molecule has 6 unspecified atom stereocenters. The zero-order valence-electron chi connectivity index (χ0n) is 45.8. The minimum absolute atomic E-state index is 0.0121. The molecule has 0 bridgehead atoms. The molecule has 4 amide bonds. The third-order valence-corrected chi connectivity index (χ3v) is 14.9. The van der Waals surface area contributed by atoms with E-state index in [0.717, 1.165) is 5.56 Å². The number of nitrogens with zero attached hydrogens (tertiary/aromatic N) is 10. The smallest absolute Gasteiger partial charge is 0.319 e. The lowest BCUT2D eigenvalue weighted by Gasteiger charge is -2.30. The van der Waals surface area contributed by atoms with Crippen molar-refractivity contribution in [2.75, 3.05) is 101 Å². The van der Waals surface area contributed by atoms with Gasteiger partial charge in [0.2, 0.25) is 12.0 Å². The fraction of sp³-hybridized carbons (Fsp3) is 0.547. The van der Waals surface area contributed by atoms with Gasteiger partial charge in [-0.05, 0) is 86.2 Å². The predicted molar refractivity (Wildman–Crippen MR) is 297 cm³/mol. The number of benzene rings is 2. The van der Waals surface area contributed by atoms with Crippen LogP contribution in [0.1, 0.15) is 65.0 Å². The van der Waals surface area contributed by atoms with Crippen molar-refractivity contribution in [3.63, 3.8) is 0 Å². The average molecular weight is 1100 g/mol. The van der Waals surface area contributed by atoms with E-state index in [4.69, 9.17) is 32.4 Å². The molecule has 0 radical (unpaired) electrons. The van der Waals surface area contributed by atoms with Crippen LogP contribution in [0.2, 0.25) is 0 Å². The molecule has 6 heterocycles. The number of aromatic nitrogens is 8. The van der Waals surface area contributed by atoms with E-state index in [9.17, 15) is 30.0 Å². The average Bonchev–Trinajstić information content (AvgIpc) is 4.41. The second kappa shape index (κ2) is 24.7. The second-order valence-corrected chi connectivity index (χ2v) is 22.2. The summed E-state index contributed by atoms with van der Waals surface area (Å²) in [5, 5.41) is 58.0. The first-order valence-electron chi connectivity index (χ1n) is 26.8. The van der Waals surface area contributed by atoms with Gasteiger partial charge in [-0.25, -0.2) is 34.1 Å². The molecule has 2 aromatic carbocycles. The maximum absolute atomic E-state index is 13.0.